The van der Waals surface area contributed by atoms with Crippen LogP contribution < -0.4 is 16.4 Å². The summed E-state index contributed by atoms with van der Waals surface area (Å²) < 4.78 is 5.34. The minimum atomic E-state index is -0.390. The second kappa shape index (κ2) is 11.5. The van der Waals surface area contributed by atoms with E-state index in [0.29, 0.717) is 43.6 Å². The number of carbonyl (C=O) groups excluding carboxylic acids is 1. The Morgan fingerprint density at radius 3 is 2.51 bits per heavy atom. The van der Waals surface area contributed by atoms with E-state index < -0.39 is 6.61 Å². The zero-order valence-corrected chi connectivity index (χ0v) is 22.9. The van der Waals surface area contributed by atoms with Gasteiger partial charge < -0.3 is 30.8 Å². The summed E-state index contributed by atoms with van der Waals surface area (Å²) in [4.78, 5) is 32.4. The van der Waals surface area contributed by atoms with Gasteiger partial charge in [0.1, 0.15) is 17.6 Å². The van der Waals surface area contributed by atoms with E-state index in [4.69, 9.17) is 39.1 Å². The first kappa shape index (κ1) is 27.3. The van der Waals surface area contributed by atoms with Crippen LogP contribution in [0.1, 0.15) is 42.4 Å². The average Bonchev–Trinajstić information content (AvgIpc) is 3.43. The van der Waals surface area contributed by atoms with Crippen LogP contribution in [0.5, 0.6) is 0 Å². The van der Waals surface area contributed by atoms with Crippen LogP contribution in [0.15, 0.2) is 16.5 Å². The molecule has 5 heterocycles. The number of amides is 1. The largest absolute Gasteiger partial charge is 0.417 e. The second-order valence-electron chi connectivity index (χ2n) is 9.57. The number of likely N-dealkylation sites (tertiary alicyclic amines) is 1. The van der Waals surface area contributed by atoms with Crippen LogP contribution in [0.2, 0.25) is 10.3 Å². The first-order valence-corrected chi connectivity index (χ1v) is 13.5. The maximum absolute atomic E-state index is 13.0. The molecule has 1 amide bonds. The maximum atomic E-state index is 13.0. The van der Waals surface area contributed by atoms with Crippen LogP contribution in [-0.4, -0.2) is 90.8 Å². The summed E-state index contributed by atoms with van der Waals surface area (Å²) in [6, 6.07) is 3.84. The number of hydrogen-bond acceptors (Lipinski definition) is 12. The molecule has 0 spiro atoms. The fourth-order valence-corrected chi connectivity index (χ4v) is 5.70. The molecule has 15 heteroatoms. The monoisotopic (exact) mass is 576 g/mol. The van der Waals surface area contributed by atoms with Gasteiger partial charge >= 0.3 is 0 Å². The van der Waals surface area contributed by atoms with Gasteiger partial charge in [-0.3, -0.25) is 9.69 Å². The van der Waals surface area contributed by atoms with Crippen molar-refractivity contribution in [2.24, 2.45) is 0 Å². The molecule has 0 aromatic carbocycles. The Kier molecular flexibility index (Phi) is 8.03. The number of hydrogen-bond donors (Lipinski definition) is 3. The van der Waals surface area contributed by atoms with E-state index in [1.807, 2.05) is 4.90 Å². The number of piperidine rings is 1. The lowest BCUT2D eigenvalue weighted by Gasteiger charge is -2.47. The fourth-order valence-electron chi connectivity index (χ4n) is 5.30. The normalized spacial score (nSPS) is 19.0. The summed E-state index contributed by atoms with van der Waals surface area (Å²) in [5.41, 5.74) is 12.7. The third-order valence-electron chi connectivity index (χ3n) is 7.31. The van der Waals surface area contributed by atoms with Crippen LogP contribution in [0.4, 0.5) is 17.5 Å². The van der Waals surface area contributed by atoms with Crippen LogP contribution in [0, 0.1) is 0 Å². The summed E-state index contributed by atoms with van der Waals surface area (Å²) in [5, 5.41) is 17.2. The first-order valence-electron chi connectivity index (χ1n) is 12.8. The SMILES string of the molecule is CC[C@H]1CN(c2nc(N)c(-c3nnc(CO)o3)nc2Cl)CCN1C1CCN(C(=O)c2ccc(Cl)nc2N)CC1. The van der Waals surface area contributed by atoms with Gasteiger partial charge in [0, 0.05) is 44.8 Å². The van der Waals surface area contributed by atoms with Crippen molar-refractivity contribution in [1.29, 1.82) is 0 Å². The lowest BCUT2D eigenvalue weighted by molar-refractivity contribution is 0.0491. The molecule has 5 rings (SSSR count). The van der Waals surface area contributed by atoms with E-state index in [1.165, 1.54) is 0 Å². The highest BCUT2D eigenvalue weighted by molar-refractivity contribution is 6.32. The Morgan fingerprint density at radius 1 is 1.08 bits per heavy atom. The van der Waals surface area contributed by atoms with E-state index >= 15 is 0 Å². The molecule has 2 aliphatic heterocycles. The first-order chi connectivity index (χ1) is 18.8. The zero-order chi connectivity index (χ0) is 27.7. The number of aromatic nitrogens is 5. The summed E-state index contributed by atoms with van der Waals surface area (Å²) in [6.45, 7) is 5.29. The number of pyridine rings is 1. The van der Waals surface area contributed by atoms with Gasteiger partial charge in [0.25, 0.3) is 11.8 Å². The van der Waals surface area contributed by atoms with E-state index in [9.17, 15) is 9.90 Å². The Balaban J connectivity index is 1.23. The van der Waals surface area contributed by atoms with Gasteiger partial charge in [-0.25, -0.2) is 15.0 Å². The van der Waals surface area contributed by atoms with Crippen molar-refractivity contribution >= 4 is 46.6 Å². The quantitative estimate of drug-likeness (QED) is 0.364. The maximum Gasteiger partial charge on any atom is 0.270 e. The third kappa shape index (κ3) is 5.57. The van der Waals surface area contributed by atoms with Crippen molar-refractivity contribution in [2.75, 3.05) is 49.1 Å². The standard InChI is InChI=1S/C24H30Cl2N10O3/c1-2-13-11-35(22-19(26)30-18(21(28)31-22)23-33-32-17(12-37)39-23)9-10-36(13)14-5-7-34(8-6-14)24(38)15-3-4-16(25)29-20(15)27/h3-4,13-14,37H,2,5-12H2,1H3,(H2,27,29)(H2,28,31)/t13-/m0/s1. The molecule has 0 bridgehead atoms. The highest BCUT2D eigenvalue weighted by atomic mass is 35.5. The van der Waals surface area contributed by atoms with Crippen molar-refractivity contribution in [3.63, 3.8) is 0 Å². The van der Waals surface area contributed by atoms with Crippen LogP contribution in [0.25, 0.3) is 11.6 Å². The van der Waals surface area contributed by atoms with Gasteiger partial charge in [-0.1, -0.05) is 30.1 Å². The van der Waals surface area contributed by atoms with Crippen LogP contribution in [0.3, 0.4) is 0 Å². The lowest BCUT2D eigenvalue weighted by atomic mass is 9.97. The third-order valence-corrected chi connectivity index (χ3v) is 7.77. The highest BCUT2D eigenvalue weighted by Gasteiger charge is 2.35. The Labute approximate surface area is 235 Å². The van der Waals surface area contributed by atoms with Gasteiger partial charge in [0.05, 0.1) is 5.56 Å². The number of anilines is 3. The van der Waals surface area contributed by atoms with Crippen molar-refractivity contribution in [3.8, 4) is 11.6 Å². The van der Waals surface area contributed by atoms with Crippen molar-refractivity contribution < 1.29 is 14.3 Å². The van der Waals surface area contributed by atoms with Gasteiger partial charge in [-0.15, -0.1) is 10.2 Å². The minimum absolute atomic E-state index is 0.0496. The number of halogens is 2. The molecule has 0 aliphatic carbocycles. The van der Waals surface area contributed by atoms with Crippen molar-refractivity contribution in [1.82, 2.24) is 34.9 Å². The van der Waals surface area contributed by atoms with E-state index in [-0.39, 0.29) is 51.4 Å². The number of nitrogen functional groups attached to an aromatic ring is 2. The summed E-state index contributed by atoms with van der Waals surface area (Å²) in [5.74, 6) is 0.760. The molecule has 3 aromatic heterocycles. The number of aliphatic hydroxyl groups excluding tert-OH is 1. The molecule has 0 radical (unpaired) electrons. The van der Waals surface area contributed by atoms with Gasteiger partial charge in [0.2, 0.25) is 5.89 Å². The Hall–Kier alpha value is -3.26. The number of carbonyl (C=O) groups is 1. The predicted molar refractivity (Wildman–Crippen MR) is 146 cm³/mol. The smallest absolute Gasteiger partial charge is 0.270 e. The summed E-state index contributed by atoms with van der Waals surface area (Å²) in [7, 11) is 0. The molecule has 2 saturated heterocycles. The summed E-state index contributed by atoms with van der Waals surface area (Å²) >= 11 is 12.4. The van der Waals surface area contributed by atoms with Crippen molar-refractivity contribution in [2.45, 2.75) is 44.9 Å². The predicted octanol–water partition coefficient (Wildman–Crippen LogP) is 2.09. The zero-order valence-electron chi connectivity index (χ0n) is 21.4. The Morgan fingerprint density at radius 2 is 1.85 bits per heavy atom. The molecule has 2 aliphatic rings. The number of piperazine rings is 1. The number of aliphatic hydroxyl groups is 1. The van der Waals surface area contributed by atoms with E-state index in [1.54, 1.807) is 12.1 Å². The van der Waals surface area contributed by atoms with Gasteiger partial charge in [-0.2, -0.15) is 0 Å². The average molecular weight is 577 g/mol. The molecule has 2 fully saturated rings. The van der Waals surface area contributed by atoms with Crippen LogP contribution >= 0.6 is 23.2 Å². The number of nitrogens with two attached hydrogens (primary N) is 2. The molecule has 0 unspecified atom stereocenters. The molecule has 0 saturated carbocycles. The lowest BCUT2D eigenvalue weighted by Crippen LogP contribution is -2.58. The van der Waals surface area contributed by atoms with Gasteiger partial charge in [0.15, 0.2) is 22.5 Å². The molecular formula is C24H30Cl2N10O3. The molecular weight excluding hydrogens is 547 g/mol. The van der Waals surface area contributed by atoms with Crippen LogP contribution in [-0.2, 0) is 6.61 Å². The molecule has 1 atom stereocenters. The van der Waals surface area contributed by atoms with Gasteiger partial charge in [-0.05, 0) is 31.4 Å². The highest BCUT2D eigenvalue weighted by Crippen LogP contribution is 2.32. The summed E-state index contributed by atoms with van der Waals surface area (Å²) in [6.07, 6.45) is 2.67. The molecule has 208 valence electrons. The molecule has 5 N–H and O–H groups in total. The minimum Gasteiger partial charge on any atom is -0.417 e. The molecule has 13 nitrogen and oxygen atoms in total. The van der Waals surface area contributed by atoms with Crippen molar-refractivity contribution in [3.05, 3.63) is 33.9 Å². The Bertz CT molecular complexity index is 1350. The number of rotatable bonds is 6. The number of nitrogens with zero attached hydrogens (tertiary/aromatic N) is 8. The molecule has 3 aromatic rings. The molecule has 39 heavy (non-hydrogen) atoms. The topological polar surface area (TPSA) is 177 Å². The van der Waals surface area contributed by atoms with E-state index in [0.717, 1.165) is 25.8 Å². The van der Waals surface area contributed by atoms with E-state index in [2.05, 4.69) is 41.9 Å². The fraction of sp³-hybridized carbons (Fsp3) is 0.500. The second-order valence-corrected chi connectivity index (χ2v) is 10.3.